The second kappa shape index (κ2) is 6.52. The number of aromatic amines is 2. The van der Waals surface area contributed by atoms with Gasteiger partial charge in [-0.15, -0.1) is 11.8 Å². The zero-order chi connectivity index (χ0) is 16.4. The number of hydrogen-bond donors (Lipinski definition) is 3. The van der Waals surface area contributed by atoms with Gasteiger partial charge < -0.3 is 15.3 Å². The van der Waals surface area contributed by atoms with Crippen LogP contribution in [0.15, 0.2) is 52.2 Å². The number of nitrogens with one attached hydrogen (secondary N) is 3. The first-order valence-electron chi connectivity index (χ1n) is 6.96. The maximum Gasteiger partial charge on any atom is 0.323 e. The van der Waals surface area contributed by atoms with Crippen molar-refractivity contribution in [3.63, 3.8) is 0 Å². The molecule has 1 aromatic heterocycles. The number of halogens is 1. The molecule has 3 rings (SSSR count). The molecule has 0 aliphatic rings. The number of carbonyl (C=O) groups excluding carboxylic acids is 1. The highest BCUT2D eigenvalue weighted by Crippen LogP contribution is 2.25. The maximum atomic E-state index is 12.3. The van der Waals surface area contributed by atoms with Gasteiger partial charge in [-0.1, -0.05) is 11.6 Å². The molecule has 1 amide bonds. The number of hydrogen-bond acceptors (Lipinski definition) is 3. The first-order chi connectivity index (χ1) is 11.0. The number of amides is 1. The first kappa shape index (κ1) is 15.7. The molecule has 0 aliphatic heterocycles. The largest absolute Gasteiger partial charge is 0.325 e. The van der Waals surface area contributed by atoms with E-state index >= 15 is 0 Å². The molecule has 0 radical (unpaired) electrons. The van der Waals surface area contributed by atoms with Crippen molar-refractivity contribution in [2.24, 2.45) is 0 Å². The summed E-state index contributed by atoms with van der Waals surface area (Å²) in [5.41, 5.74) is 1.74. The molecule has 118 valence electrons. The van der Waals surface area contributed by atoms with Crippen LogP contribution in [0.5, 0.6) is 0 Å². The van der Waals surface area contributed by atoms with Gasteiger partial charge in [0.1, 0.15) is 0 Å². The van der Waals surface area contributed by atoms with Gasteiger partial charge in [-0.25, -0.2) is 4.79 Å². The fraction of sp³-hybridized carbons (Fsp3) is 0.125. The minimum Gasteiger partial charge on any atom is -0.325 e. The molecule has 23 heavy (non-hydrogen) atoms. The van der Waals surface area contributed by atoms with E-state index in [-0.39, 0.29) is 16.8 Å². The lowest BCUT2D eigenvalue weighted by Gasteiger charge is -2.12. The Morgan fingerprint density at radius 1 is 1.13 bits per heavy atom. The van der Waals surface area contributed by atoms with Crippen molar-refractivity contribution in [2.45, 2.75) is 17.1 Å². The van der Waals surface area contributed by atoms with Gasteiger partial charge in [0.05, 0.1) is 16.3 Å². The van der Waals surface area contributed by atoms with Crippen molar-refractivity contribution < 1.29 is 4.79 Å². The number of carbonyl (C=O) groups is 1. The Balaban J connectivity index is 1.69. The molecule has 7 heteroatoms. The number of thioether (sulfide) groups is 1. The Hall–Kier alpha value is -2.18. The quantitative estimate of drug-likeness (QED) is 0.631. The van der Waals surface area contributed by atoms with Crippen LogP contribution in [0.1, 0.15) is 6.92 Å². The number of H-pyrrole nitrogens is 2. The molecule has 1 heterocycles. The van der Waals surface area contributed by atoms with E-state index in [1.807, 2.05) is 19.1 Å². The highest BCUT2D eigenvalue weighted by Gasteiger charge is 2.15. The number of anilines is 1. The predicted octanol–water partition coefficient (Wildman–Crippen LogP) is 3.63. The third kappa shape index (κ3) is 3.78. The number of rotatable bonds is 4. The van der Waals surface area contributed by atoms with Crippen molar-refractivity contribution in [2.75, 3.05) is 5.32 Å². The number of benzene rings is 2. The molecule has 3 N–H and O–H groups in total. The van der Waals surface area contributed by atoms with E-state index in [1.54, 1.807) is 30.3 Å². The summed E-state index contributed by atoms with van der Waals surface area (Å²) in [6.45, 7) is 1.84. The van der Waals surface area contributed by atoms with E-state index in [0.717, 1.165) is 4.90 Å². The van der Waals surface area contributed by atoms with Crippen LogP contribution in [-0.2, 0) is 4.79 Å². The van der Waals surface area contributed by atoms with Crippen molar-refractivity contribution >= 4 is 46.0 Å². The molecular formula is C16H14ClN3O2S. The SMILES string of the molecule is CC(Sc1ccc(Cl)cc1)C(=O)Nc1ccc2[nH]c(=O)[nH]c2c1. The lowest BCUT2D eigenvalue weighted by molar-refractivity contribution is -0.115. The van der Waals surface area contributed by atoms with Crippen LogP contribution < -0.4 is 11.0 Å². The summed E-state index contributed by atoms with van der Waals surface area (Å²) in [6.07, 6.45) is 0. The molecule has 0 bridgehead atoms. The number of aromatic nitrogens is 2. The summed E-state index contributed by atoms with van der Waals surface area (Å²) >= 11 is 7.30. The van der Waals surface area contributed by atoms with E-state index < -0.39 is 0 Å². The normalized spacial score (nSPS) is 12.3. The average Bonchev–Trinajstić information content (AvgIpc) is 2.88. The van der Waals surface area contributed by atoms with Crippen molar-refractivity contribution in [3.8, 4) is 0 Å². The Bertz CT molecular complexity index is 902. The Morgan fingerprint density at radius 2 is 1.83 bits per heavy atom. The fourth-order valence-electron chi connectivity index (χ4n) is 2.13. The lowest BCUT2D eigenvalue weighted by Crippen LogP contribution is -2.22. The van der Waals surface area contributed by atoms with Gasteiger partial charge in [-0.05, 0) is 49.4 Å². The number of fused-ring (bicyclic) bond motifs is 1. The van der Waals surface area contributed by atoms with Crippen LogP contribution in [0.3, 0.4) is 0 Å². The summed E-state index contributed by atoms with van der Waals surface area (Å²) in [5, 5.41) is 3.25. The maximum absolute atomic E-state index is 12.3. The fourth-order valence-corrected chi connectivity index (χ4v) is 3.12. The summed E-state index contributed by atoms with van der Waals surface area (Å²) in [6, 6.07) is 12.6. The van der Waals surface area contributed by atoms with E-state index in [9.17, 15) is 9.59 Å². The zero-order valence-electron chi connectivity index (χ0n) is 12.2. The minimum absolute atomic E-state index is 0.109. The van der Waals surface area contributed by atoms with Gasteiger partial charge in [0.2, 0.25) is 5.91 Å². The van der Waals surface area contributed by atoms with Crippen LogP contribution in [0.4, 0.5) is 5.69 Å². The molecule has 2 aromatic carbocycles. The zero-order valence-corrected chi connectivity index (χ0v) is 13.8. The van der Waals surface area contributed by atoms with Crippen LogP contribution in [0.2, 0.25) is 5.02 Å². The van der Waals surface area contributed by atoms with E-state index in [1.165, 1.54) is 11.8 Å². The lowest BCUT2D eigenvalue weighted by atomic mass is 10.2. The van der Waals surface area contributed by atoms with Gasteiger partial charge in [0, 0.05) is 15.6 Å². The standard InChI is InChI=1S/C16H14ClN3O2S/c1-9(23-12-5-2-10(17)3-6-12)15(21)18-11-4-7-13-14(8-11)20-16(22)19-13/h2-9H,1H3,(H,18,21)(H2,19,20,22). The average molecular weight is 348 g/mol. The molecule has 0 saturated carbocycles. The highest BCUT2D eigenvalue weighted by atomic mass is 35.5. The first-order valence-corrected chi connectivity index (χ1v) is 8.22. The summed E-state index contributed by atoms with van der Waals surface area (Å²) in [4.78, 5) is 29.8. The topological polar surface area (TPSA) is 77.8 Å². The van der Waals surface area contributed by atoms with E-state index in [2.05, 4.69) is 15.3 Å². The van der Waals surface area contributed by atoms with E-state index in [4.69, 9.17) is 11.6 Å². The second-order valence-electron chi connectivity index (χ2n) is 5.04. The molecule has 3 aromatic rings. The van der Waals surface area contributed by atoms with Crippen LogP contribution in [-0.4, -0.2) is 21.1 Å². The summed E-state index contributed by atoms with van der Waals surface area (Å²) in [5.74, 6) is -0.109. The summed E-state index contributed by atoms with van der Waals surface area (Å²) in [7, 11) is 0. The molecule has 0 spiro atoms. The van der Waals surface area contributed by atoms with E-state index in [0.29, 0.717) is 21.7 Å². The van der Waals surface area contributed by atoms with Crippen LogP contribution >= 0.6 is 23.4 Å². The molecule has 1 atom stereocenters. The van der Waals surface area contributed by atoms with Gasteiger partial charge in [0.25, 0.3) is 0 Å². The highest BCUT2D eigenvalue weighted by molar-refractivity contribution is 8.00. The Kier molecular flexibility index (Phi) is 4.45. The van der Waals surface area contributed by atoms with Crippen molar-refractivity contribution in [1.29, 1.82) is 0 Å². The third-order valence-electron chi connectivity index (χ3n) is 3.28. The molecule has 0 aliphatic carbocycles. The minimum atomic E-state index is -0.268. The van der Waals surface area contributed by atoms with Gasteiger partial charge in [-0.3, -0.25) is 4.79 Å². The summed E-state index contributed by atoms with van der Waals surface area (Å²) < 4.78 is 0. The second-order valence-corrected chi connectivity index (χ2v) is 6.89. The molecule has 1 unspecified atom stereocenters. The van der Waals surface area contributed by atoms with Gasteiger partial charge >= 0.3 is 5.69 Å². The smallest absolute Gasteiger partial charge is 0.323 e. The Labute approximate surface area is 141 Å². The van der Waals surface area contributed by atoms with Gasteiger partial charge in [-0.2, -0.15) is 0 Å². The third-order valence-corrected chi connectivity index (χ3v) is 4.64. The molecular weight excluding hydrogens is 334 g/mol. The predicted molar refractivity (Wildman–Crippen MR) is 94.3 cm³/mol. The number of imidazole rings is 1. The Morgan fingerprint density at radius 3 is 2.57 bits per heavy atom. The van der Waals surface area contributed by atoms with Crippen molar-refractivity contribution in [3.05, 3.63) is 58.0 Å². The molecule has 5 nitrogen and oxygen atoms in total. The molecule has 0 fully saturated rings. The van der Waals surface area contributed by atoms with Crippen LogP contribution in [0.25, 0.3) is 11.0 Å². The van der Waals surface area contributed by atoms with Gasteiger partial charge in [0.15, 0.2) is 0 Å². The molecule has 0 saturated heterocycles. The van der Waals surface area contributed by atoms with Crippen molar-refractivity contribution in [1.82, 2.24) is 9.97 Å². The van der Waals surface area contributed by atoms with Crippen LogP contribution in [0, 0.1) is 0 Å². The monoisotopic (exact) mass is 347 g/mol.